The van der Waals surface area contributed by atoms with E-state index in [1.807, 2.05) is 49.0 Å². The van der Waals surface area contributed by atoms with Crippen LogP contribution in [0.25, 0.3) is 10.9 Å². The van der Waals surface area contributed by atoms with Gasteiger partial charge in [0.1, 0.15) is 34.9 Å². The fourth-order valence-electron chi connectivity index (χ4n) is 5.32. The van der Waals surface area contributed by atoms with E-state index < -0.39 is 6.10 Å². The normalized spacial score (nSPS) is 17.8. The highest BCUT2D eigenvalue weighted by atomic mass is 19.1. The Morgan fingerprint density at radius 3 is 2.89 bits per heavy atom. The third-order valence-corrected chi connectivity index (χ3v) is 7.29. The highest BCUT2D eigenvalue weighted by molar-refractivity contribution is 5.81. The molecule has 6 rings (SSSR count). The van der Waals surface area contributed by atoms with Crippen molar-refractivity contribution in [1.29, 1.82) is 0 Å². The summed E-state index contributed by atoms with van der Waals surface area (Å²) >= 11 is 0. The van der Waals surface area contributed by atoms with Crippen molar-refractivity contribution in [3.8, 4) is 23.0 Å². The Morgan fingerprint density at radius 1 is 1.19 bits per heavy atom. The smallest absolute Gasteiger partial charge is 0.306 e. The molecule has 0 radical (unpaired) electrons. The summed E-state index contributed by atoms with van der Waals surface area (Å²) in [7, 11) is 3.29. The zero-order chi connectivity index (χ0) is 25.7. The van der Waals surface area contributed by atoms with Crippen LogP contribution in [0, 0.1) is 12.7 Å². The monoisotopic (exact) mass is 502 g/mol. The lowest BCUT2D eigenvalue weighted by Crippen LogP contribution is -2.09. The summed E-state index contributed by atoms with van der Waals surface area (Å²) in [5.74, 6) is 2.01. The molecule has 0 saturated carbocycles. The molecule has 0 N–H and O–H groups in total. The first kappa shape index (κ1) is 23.3. The molecule has 8 heteroatoms. The second kappa shape index (κ2) is 9.10. The molecule has 1 unspecified atom stereocenters. The lowest BCUT2D eigenvalue weighted by Gasteiger charge is -2.18. The van der Waals surface area contributed by atoms with Crippen molar-refractivity contribution in [2.45, 2.75) is 38.2 Å². The van der Waals surface area contributed by atoms with E-state index in [4.69, 9.17) is 18.9 Å². The van der Waals surface area contributed by atoms with Crippen molar-refractivity contribution >= 4 is 16.9 Å². The van der Waals surface area contributed by atoms with Crippen molar-refractivity contribution < 1.29 is 28.1 Å². The molecule has 3 aromatic carbocycles. The van der Waals surface area contributed by atoms with Gasteiger partial charge in [-0.15, -0.1) is 0 Å². The summed E-state index contributed by atoms with van der Waals surface area (Å²) in [6, 6.07) is 12.7. The number of nitrogens with zero attached hydrogens (tertiary/aromatic N) is 2. The summed E-state index contributed by atoms with van der Waals surface area (Å²) in [5.41, 5.74) is 4.31. The molecule has 0 fully saturated rings. The molecule has 37 heavy (non-hydrogen) atoms. The first-order chi connectivity index (χ1) is 17.9. The summed E-state index contributed by atoms with van der Waals surface area (Å²) < 4.78 is 40.0. The number of aryl methyl sites for hydroxylation is 2. The Balaban J connectivity index is 1.24. The lowest BCUT2D eigenvalue weighted by molar-refractivity contribution is -0.141. The third kappa shape index (κ3) is 4.16. The second-order valence-electron chi connectivity index (χ2n) is 9.62. The summed E-state index contributed by atoms with van der Waals surface area (Å²) in [6.45, 7) is 2.41. The predicted molar refractivity (Wildman–Crippen MR) is 135 cm³/mol. The molecule has 2 heterocycles. The van der Waals surface area contributed by atoms with Crippen LogP contribution in [-0.4, -0.2) is 29.5 Å². The average molecular weight is 503 g/mol. The highest BCUT2D eigenvalue weighted by Crippen LogP contribution is 2.45. The number of aromatic nitrogens is 2. The van der Waals surface area contributed by atoms with Crippen LogP contribution in [0.1, 0.15) is 47.1 Å². The zero-order valence-corrected chi connectivity index (χ0v) is 20.9. The fourth-order valence-corrected chi connectivity index (χ4v) is 5.32. The summed E-state index contributed by atoms with van der Waals surface area (Å²) in [4.78, 5) is 11.7. The number of esters is 1. The summed E-state index contributed by atoms with van der Waals surface area (Å²) in [5, 5.41) is 5.29. The van der Waals surface area contributed by atoms with Crippen LogP contribution >= 0.6 is 0 Å². The van der Waals surface area contributed by atoms with Gasteiger partial charge in [0.15, 0.2) is 0 Å². The molecule has 1 aliphatic carbocycles. The minimum Gasteiger partial charge on any atom is -0.492 e. The highest BCUT2D eigenvalue weighted by Gasteiger charge is 2.32. The van der Waals surface area contributed by atoms with Crippen LogP contribution in [-0.2, 0) is 23.0 Å². The van der Waals surface area contributed by atoms with Gasteiger partial charge < -0.3 is 18.9 Å². The van der Waals surface area contributed by atoms with Gasteiger partial charge in [-0.2, -0.15) is 5.10 Å². The van der Waals surface area contributed by atoms with Gasteiger partial charge in [-0.05, 0) is 55.7 Å². The Kier molecular flexibility index (Phi) is 5.74. The van der Waals surface area contributed by atoms with Crippen LogP contribution in [0.4, 0.5) is 4.39 Å². The number of methoxy groups -OCH3 is 1. The van der Waals surface area contributed by atoms with Crippen LogP contribution in [0.3, 0.4) is 0 Å². The van der Waals surface area contributed by atoms with Gasteiger partial charge in [0.25, 0.3) is 0 Å². The third-order valence-electron chi connectivity index (χ3n) is 7.29. The first-order valence-electron chi connectivity index (χ1n) is 12.3. The minimum atomic E-state index is -0.439. The molecule has 2 atom stereocenters. The van der Waals surface area contributed by atoms with Crippen molar-refractivity contribution in [1.82, 2.24) is 9.78 Å². The molecular formula is C29H27FN2O5. The number of carbonyl (C=O) groups is 1. The summed E-state index contributed by atoms with van der Waals surface area (Å²) in [6.07, 6.45) is 2.91. The molecule has 1 aromatic heterocycles. The van der Waals surface area contributed by atoms with E-state index in [1.165, 1.54) is 13.2 Å². The van der Waals surface area contributed by atoms with Crippen LogP contribution in [0.15, 0.2) is 48.7 Å². The van der Waals surface area contributed by atoms with E-state index in [9.17, 15) is 4.79 Å². The molecule has 0 amide bonds. The standard InChI is InChI=1S/C29H27FN2O5/c1-16-10-23-17(14-31-32(23)2)11-26(16)37-24-9-7-22(30)29-21(24)6-8-25(29)36-19-4-5-20-18(12-28(33)34-3)15-35-27(20)13-19/h4-5,7,9-11,13-14,18,25H,6,8,12,15H2,1-3H3/t18?,25-/m1/s1. The van der Waals surface area contributed by atoms with Gasteiger partial charge in [-0.3, -0.25) is 9.48 Å². The SMILES string of the molecule is COC(=O)CC1COc2cc(O[C@@H]3CCc4c(Oc5cc6cnn(C)c6cc5C)ccc(F)c43)ccc21. The maximum atomic E-state index is 15.1. The van der Waals surface area contributed by atoms with Gasteiger partial charge in [-0.1, -0.05) is 6.07 Å². The minimum absolute atomic E-state index is 0.0461. The van der Waals surface area contributed by atoms with Gasteiger partial charge in [0.05, 0.1) is 31.9 Å². The molecule has 4 aromatic rings. The topological polar surface area (TPSA) is 71.8 Å². The second-order valence-corrected chi connectivity index (χ2v) is 9.62. The molecular weight excluding hydrogens is 475 g/mol. The number of rotatable bonds is 6. The predicted octanol–water partition coefficient (Wildman–Crippen LogP) is 5.92. The number of benzene rings is 3. The Labute approximate surface area is 213 Å². The first-order valence-corrected chi connectivity index (χ1v) is 12.3. The van der Waals surface area contributed by atoms with E-state index in [-0.39, 0.29) is 24.1 Å². The van der Waals surface area contributed by atoms with Crippen molar-refractivity contribution in [2.75, 3.05) is 13.7 Å². The van der Waals surface area contributed by atoms with E-state index in [0.717, 1.165) is 33.3 Å². The lowest BCUT2D eigenvalue weighted by atomic mass is 9.98. The number of fused-ring (bicyclic) bond motifs is 3. The van der Waals surface area contributed by atoms with Crippen molar-refractivity contribution in [3.63, 3.8) is 0 Å². The number of ether oxygens (including phenoxy) is 4. The maximum absolute atomic E-state index is 15.1. The van der Waals surface area contributed by atoms with Gasteiger partial charge in [0, 0.05) is 41.1 Å². The molecule has 2 aliphatic rings. The fraction of sp³-hybridized carbons (Fsp3) is 0.310. The number of hydrogen-bond acceptors (Lipinski definition) is 6. The average Bonchev–Trinajstić information content (AvgIpc) is 3.59. The van der Waals surface area contributed by atoms with Gasteiger partial charge in [0.2, 0.25) is 0 Å². The molecule has 0 spiro atoms. The van der Waals surface area contributed by atoms with Crippen molar-refractivity contribution in [2.24, 2.45) is 7.05 Å². The van der Waals surface area contributed by atoms with Crippen molar-refractivity contribution in [3.05, 3.63) is 76.7 Å². The molecule has 1 aliphatic heterocycles. The Bertz CT molecular complexity index is 1530. The van der Waals surface area contributed by atoms with Crippen LogP contribution in [0.2, 0.25) is 0 Å². The molecule has 0 saturated heterocycles. The quantitative estimate of drug-likeness (QED) is 0.305. The van der Waals surface area contributed by atoms with Crippen LogP contribution < -0.4 is 14.2 Å². The molecule has 7 nitrogen and oxygen atoms in total. The zero-order valence-electron chi connectivity index (χ0n) is 20.9. The van der Waals surface area contributed by atoms with E-state index >= 15 is 4.39 Å². The molecule has 190 valence electrons. The molecule has 0 bridgehead atoms. The number of halogens is 1. The Hall–Kier alpha value is -4.07. The maximum Gasteiger partial charge on any atom is 0.306 e. The van der Waals surface area contributed by atoms with E-state index in [0.29, 0.717) is 42.3 Å². The van der Waals surface area contributed by atoms with Gasteiger partial charge in [-0.25, -0.2) is 4.39 Å². The number of carbonyl (C=O) groups excluding carboxylic acids is 1. The largest absolute Gasteiger partial charge is 0.492 e. The van der Waals surface area contributed by atoms with Gasteiger partial charge >= 0.3 is 5.97 Å². The van der Waals surface area contributed by atoms with E-state index in [2.05, 4.69) is 5.10 Å². The van der Waals surface area contributed by atoms with Crippen LogP contribution in [0.5, 0.6) is 23.0 Å². The number of hydrogen-bond donors (Lipinski definition) is 0. The Morgan fingerprint density at radius 2 is 2.05 bits per heavy atom. The van der Waals surface area contributed by atoms with E-state index in [1.54, 1.807) is 12.3 Å².